The second kappa shape index (κ2) is 9.82. The molecule has 15 heteroatoms. The minimum Gasteiger partial charge on any atom is -0.406 e. The van der Waals surface area contributed by atoms with E-state index < -0.39 is 82.0 Å². The molecule has 0 aliphatic carbocycles. The van der Waals surface area contributed by atoms with E-state index in [1.807, 2.05) is 0 Å². The molecule has 7 nitrogen and oxygen atoms in total. The molecule has 1 aliphatic rings. The van der Waals surface area contributed by atoms with Crippen molar-refractivity contribution in [2.45, 2.75) is 54.0 Å². The van der Waals surface area contributed by atoms with Gasteiger partial charge in [-0.2, -0.15) is 13.2 Å². The van der Waals surface area contributed by atoms with Gasteiger partial charge in [0, 0.05) is 12.8 Å². The van der Waals surface area contributed by atoms with Gasteiger partial charge in [0.25, 0.3) is 0 Å². The third-order valence-electron chi connectivity index (χ3n) is 5.65. The number of rotatable bonds is 6. The van der Waals surface area contributed by atoms with Gasteiger partial charge in [0.15, 0.2) is 19.7 Å². The van der Waals surface area contributed by atoms with Crippen molar-refractivity contribution in [2.24, 2.45) is 5.92 Å². The Hall–Kier alpha value is -2.39. The topological polar surface area (TPSA) is 99.6 Å². The second-order valence-corrected chi connectivity index (χ2v) is 12.5. The molecule has 2 heterocycles. The summed E-state index contributed by atoms with van der Waals surface area (Å²) in [6.45, 7) is 2.65. The van der Waals surface area contributed by atoms with Gasteiger partial charge in [-0.25, -0.2) is 16.8 Å². The molecule has 0 amide bonds. The van der Waals surface area contributed by atoms with E-state index in [1.54, 1.807) is 0 Å². The van der Waals surface area contributed by atoms with Crippen LogP contribution in [0.3, 0.4) is 0 Å². The molecule has 0 saturated carbocycles. The van der Waals surface area contributed by atoms with Gasteiger partial charge in [0.1, 0.15) is 17.1 Å². The standard InChI is InChI=1S/C21H21F6NO6S2/c1-3-35(29,30)16-9-13(20(22,23)24)11-28-17(16)18-19(12(2)7-8-33-18)36(31,32)15-6-4-5-14(10-15)34-21(25,26)27/h4-6,9-12,18-19H,3,7-8H2,1-2H3. The van der Waals surface area contributed by atoms with Crippen molar-refractivity contribution < 1.29 is 52.7 Å². The summed E-state index contributed by atoms with van der Waals surface area (Å²) in [4.78, 5) is 2.29. The van der Waals surface area contributed by atoms with E-state index in [9.17, 15) is 43.2 Å². The predicted molar refractivity (Wildman–Crippen MR) is 114 cm³/mol. The lowest BCUT2D eigenvalue weighted by atomic mass is 9.94. The molecular weight excluding hydrogens is 540 g/mol. The van der Waals surface area contributed by atoms with Crippen molar-refractivity contribution in [1.82, 2.24) is 4.98 Å². The van der Waals surface area contributed by atoms with Crippen molar-refractivity contribution in [2.75, 3.05) is 12.4 Å². The van der Waals surface area contributed by atoms with Crippen LogP contribution < -0.4 is 4.74 Å². The highest BCUT2D eigenvalue weighted by Gasteiger charge is 2.46. The maximum atomic E-state index is 13.6. The first-order chi connectivity index (χ1) is 16.5. The van der Waals surface area contributed by atoms with Gasteiger partial charge in [0.2, 0.25) is 0 Å². The summed E-state index contributed by atoms with van der Waals surface area (Å²) in [7, 11) is -8.84. The fourth-order valence-corrected chi connectivity index (χ4v) is 7.12. The maximum Gasteiger partial charge on any atom is 0.573 e. The fraction of sp³-hybridized carbons (Fsp3) is 0.476. The van der Waals surface area contributed by atoms with E-state index in [2.05, 4.69) is 9.72 Å². The third kappa shape index (κ3) is 5.94. The number of nitrogens with zero attached hydrogens (tertiary/aromatic N) is 1. The molecule has 1 aromatic heterocycles. The summed E-state index contributed by atoms with van der Waals surface area (Å²) in [5.74, 6) is -2.12. The molecule has 1 aromatic carbocycles. The Morgan fingerprint density at radius 3 is 2.33 bits per heavy atom. The van der Waals surface area contributed by atoms with Crippen molar-refractivity contribution >= 4 is 19.7 Å². The normalized spacial score (nSPS) is 21.8. The molecule has 0 N–H and O–H groups in total. The highest BCUT2D eigenvalue weighted by atomic mass is 32.2. The average Bonchev–Trinajstić information content (AvgIpc) is 2.76. The van der Waals surface area contributed by atoms with Crippen LogP contribution in [0, 0.1) is 5.92 Å². The van der Waals surface area contributed by atoms with Crippen LogP contribution in [0.1, 0.15) is 37.6 Å². The zero-order valence-electron chi connectivity index (χ0n) is 18.8. The van der Waals surface area contributed by atoms with Gasteiger partial charge in [0.05, 0.1) is 26.8 Å². The molecule has 0 radical (unpaired) electrons. The largest absolute Gasteiger partial charge is 0.573 e. The summed E-state index contributed by atoms with van der Waals surface area (Å²) in [6.07, 6.45) is -11.1. The van der Waals surface area contributed by atoms with Crippen LogP contribution in [0.2, 0.25) is 0 Å². The first kappa shape index (κ1) is 28.2. The minimum atomic E-state index is -5.08. The molecule has 3 unspecified atom stereocenters. The molecule has 1 fully saturated rings. The van der Waals surface area contributed by atoms with Crippen molar-refractivity contribution in [3.05, 3.63) is 47.8 Å². The van der Waals surface area contributed by atoms with E-state index in [0.29, 0.717) is 18.3 Å². The van der Waals surface area contributed by atoms with E-state index >= 15 is 0 Å². The lowest BCUT2D eigenvalue weighted by Crippen LogP contribution is -2.41. The zero-order chi connectivity index (χ0) is 27.1. The van der Waals surface area contributed by atoms with Crippen molar-refractivity contribution in [3.8, 4) is 5.75 Å². The van der Waals surface area contributed by atoms with Crippen LogP contribution in [0.5, 0.6) is 5.75 Å². The Balaban J connectivity index is 2.17. The molecule has 36 heavy (non-hydrogen) atoms. The first-order valence-corrected chi connectivity index (χ1v) is 13.7. The van der Waals surface area contributed by atoms with Gasteiger partial charge < -0.3 is 9.47 Å². The van der Waals surface area contributed by atoms with Gasteiger partial charge in [-0.05, 0) is 36.6 Å². The summed E-state index contributed by atoms with van der Waals surface area (Å²) in [5.41, 5.74) is -1.87. The van der Waals surface area contributed by atoms with Crippen LogP contribution in [0.25, 0.3) is 0 Å². The number of pyridine rings is 1. The molecule has 0 spiro atoms. The molecule has 1 saturated heterocycles. The molecule has 3 atom stereocenters. The smallest absolute Gasteiger partial charge is 0.406 e. The molecule has 1 aliphatic heterocycles. The van der Waals surface area contributed by atoms with E-state index in [-0.39, 0.29) is 13.0 Å². The number of hydrogen-bond donors (Lipinski definition) is 0. The van der Waals surface area contributed by atoms with E-state index in [4.69, 9.17) is 4.74 Å². The number of hydrogen-bond acceptors (Lipinski definition) is 7. The molecule has 0 bridgehead atoms. The minimum absolute atomic E-state index is 0.0522. The van der Waals surface area contributed by atoms with Gasteiger partial charge in [-0.1, -0.05) is 19.9 Å². The predicted octanol–water partition coefficient (Wildman–Crippen LogP) is 4.73. The molecular formula is C21H21F6NO6S2. The Bertz CT molecular complexity index is 1330. The number of alkyl halides is 6. The first-order valence-electron chi connectivity index (χ1n) is 10.5. The van der Waals surface area contributed by atoms with Crippen LogP contribution in [0.4, 0.5) is 26.3 Å². The zero-order valence-corrected chi connectivity index (χ0v) is 20.4. The summed E-state index contributed by atoms with van der Waals surface area (Å²) in [6, 6.07) is 3.99. The highest BCUT2D eigenvalue weighted by Crippen LogP contribution is 2.42. The van der Waals surface area contributed by atoms with Crippen LogP contribution in [-0.4, -0.2) is 45.8 Å². The quantitative estimate of drug-likeness (QED) is 0.470. The van der Waals surface area contributed by atoms with Gasteiger partial charge >= 0.3 is 12.5 Å². The van der Waals surface area contributed by atoms with Gasteiger partial charge in [-0.3, -0.25) is 4.98 Å². The Labute approximate surface area is 203 Å². The highest BCUT2D eigenvalue weighted by molar-refractivity contribution is 7.92. The number of halogens is 6. The molecule has 3 rings (SSSR count). The number of aromatic nitrogens is 1. The lowest BCUT2D eigenvalue weighted by molar-refractivity contribution is -0.274. The van der Waals surface area contributed by atoms with Crippen molar-refractivity contribution in [3.63, 3.8) is 0 Å². The fourth-order valence-electron chi connectivity index (χ4n) is 3.88. The molecule has 2 aromatic rings. The maximum absolute atomic E-state index is 13.6. The van der Waals surface area contributed by atoms with E-state index in [1.165, 1.54) is 13.8 Å². The summed E-state index contributed by atoms with van der Waals surface area (Å²) >= 11 is 0. The SMILES string of the molecule is CCS(=O)(=O)c1cc(C(F)(F)F)cnc1C1OCCC(C)C1S(=O)(=O)c1cccc(OC(F)(F)F)c1. The van der Waals surface area contributed by atoms with Crippen LogP contribution in [0.15, 0.2) is 46.3 Å². The Morgan fingerprint density at radius 1 is 1.08 bits per heavy atom. The Kier molecular flexibility index (Phi) is 7.69. The second-order valence-electron chi connectivity index (χ2n) is 8.10. The molecule has 200 valence electrons. The monoisotopic (exact) mass is 561 g/mol. The Morgan fingerprint density at radius 2 is 1.75 bits per heavy atom. The summed E-state index contributed by atoms with van der Waals surface area (Å²) < 4.78 is 140. The van der Waals surface area contributed by atoms with Crippen LogP contribution in [-0.2, 0) is 30.6 Å². The van der Waals surface area contributed by atoms with E-state index in [0.717, 1.165) is 18.2 Å². The summed E-state index contributed by atoms with van der Waals surface area (Å²) in [5, 5.41) is -1.57. The number of sulfone groups is 2. The van der Waals surface area contributed by atoms with Gasteiger partial charge in [-0.15, -0.1) is 13.2 Å². The van der Waals surface area contributed by atoms with Crippen LogP contribution >= 0.6 is 0 Å². The number of benzene rings is 1. The third-order valence-corrected chi connectivity index (χ3v) is 9.75. The lowest BCUT2D eigenvalue weighted by Gasteiger charge is -2.36. The average molecular weight is 562 g/mol. The number of ether oxygens (including phenoxy) is 2. The van der Waals surface area contributed by atoms with Crippen molar-refractivity contribution in [1.29, 1.82) is 0 Å².